The molecular weight excluding hydrogens is 352 g/mol. The van der Waals surface area contributed by atoms with E-state index in [9.17, 15) is 14.4 Å². The molecule has 0 aliphatic carbocycles. The molecule has 6 nitrogen and oxygen atoms in total. The van der Waals surface area contributed by atoms with Crippen LogP contribution in [0.5, 0.6) is 0 Å². The monoisotopic (exact) mass is 372 g/mol. The molecule has 2 aromatic rings. The molecule has 0 aliphatic heterocycles. The molecule has 136 valence electrons. The molecule has 2 amide bonds. The first-order chi connectivity index (χ1) is 12.4. The number of hydrogen-bond acceptors (Lipinski definition) is 5. The van der Waals surface area contributed by atoms with E-state index in [1.54, 1.807) is 24.3 Å². The van der Waals surface area contributed by atoms with Gasteiger partial charge in [-0.05, 0) is 38.1 Å². The summed E-state index contributed by atoms with van der Waals surface area (Å²) in [7, 11) is 0. The lowest BCUT2D eigenvalue weighted by Crippen LogP contribution is -2.30. The normalized spacial score (nSPS) is 11.5. The number of thioether (sulfide) groups is 1. The van der Waals surface area contributed by atoms with Crippen molar-refractivity contribution >= 4 is 35.2 Å². The third kappa shape index (κ3) is 5.63. The second-order valence-electron chi connectivity index (χ2n) is 5.65. The lowest BCUT2D eigenvalue weighted by molar-refractivity contribution is -0.125. The summed E-state index contributed by atoms with van der Waals surface area (Å²) >= 11 is 1.21. The molecule has 7 heteroatoms. The van der Waals surface area contributed by atoms with Crippen molar-refractivity contribution in [2.75, 3.05) is 11.1 Å². The molecule has 1 atom stereocenters. The molecular formula is C19H20N2O4S. The van der Waals surface area contributed by atoms with Crippen LogP contribution in [0.3, 0.4) is 0 Å². The molecule has 26 heavy (non-hydrogen) atoms. The largest absolute Gasteiger partial charge is 0.449 e. The Morgan fingerprint density at radius 1 is 1.12 bits per heavy atom. The van der Waals surface area contributed by atoms with Gasteiger partial charge in [0.15, 0.2) is 6.10 Å². The number of nitrogens with one attached hydrogen (secondary N) is 1. The van der Waals surface area contributed by atoms with Gasteiger partial charge in [-0.25, -0.2) is 4.79 Å². The van der Waals surface area contributed by atoms with Crippen molar-refractivity contribution in [2.24, 2.45) is 5.73 Å². The summed E-state index contributed by atoms with van der Waals surface area (Å²) in [5, 5.41) is 2.80. The number of carbonyl (C=O) groups excluding carboxylic acids is 3. The van der Waals surface area contributed by atoms with E-state index in [0.717, 1.165) is 5.56 Å². The molecule has 0 aromatic heterocycles. The Bertz CT molecular complexity index is 805. The van der Waals surface area contributed by atoms with Crippen molar-refractivity contribution in [2.45, 2.75) is 24.8 Å². The van der Waals surface area contributed by atoms with Crippen LogP contribution in [-0.2, 0) is 14.3 Å². The summed E-state index contributed by atoms with van der Waals surface area (Å²) in [6.45, 7) is 3.38. The van der Waals surface area contributed by atoms with E-state index in [2.05, 4.69) is 5.32 Å². The van der Waals surface area contributed by atoms with E-state index in [1.807, 2.05) is 31.2 Å². The minimum Gasteiger partial charge on any atom is -0.449 e. The van der Waals surface area contributed by atoms with Gasteiger partial charge in [-0.3, -0.25) is 9.59 Å². The third-order valence-electron chi connectivity index (χ3n) is 3.49. The van der Waals surface area contributed by atoms with Gasteiger partial charge in [0, 0.05) is 10.6 Å². The van der Waals surface area contributed by atoms with Crippen LogP contribution in [0.15, 0.2) is 53.4 Å². The van der Waals surface area contributed by atoms with E-state index in [1.165, 1.54) is 18.7 Å². The Hall–Kier alpha value is -2.80. The highest BCUT2D eigenvalue weighted by atomic mass is 32.2. The molecule has 0 spiro atoms. The van der Waals surface area contributed by atoms with Gasteiger partial charge >= 0.3 is 5.97 Å². The number of amides is 2. The van der Waals surface area contributed by atoms with E-state index in [4.69, 9.17) is 10.5 Å². The van der Waals surface area contributed by atoms with Gasteiger partial charge < -0.3 is 15.8 Å². The van der Waals surface area contributed by atoms with Crippen molar-refractivity contribution in [3.8, 4) is 0 Å². The first-order valence-corrected chi connectivity index (χ1v) is 8.94. The van der Waals surface area contributed by atoms with Crippen molar-refractivity contribution in [1.29, 1.82) is 0 Å². The SMILES string of the molecule is Cc1ccc(NC(=O)CSc2ccccc2C(=O)O[C@H](C)C(N)=O)cc1. The summed E-state index contributed by atoms with van der Waals surface area (Å²) in [5.74, 6) is -1.43. The molecule has 0 bridgehead atoms. The summed E-state index contributed by atoms with van der Waals surface area (Å²) < 4.78 is 5.02. The van der Waals surface area contributed by atoms with Crippen LogP contribution in [-0.4, -0.2) is 29.6 Å². The zero-order chi connectivity index (χ0) is 19.1. The van der Waals surface area contributed by atoms with Crippen molar-refractivity contribution in [3.63, 3.8) is 0 Å². The highest BCUT2D eigenvalue weighted by Gasteiger charge is 2.19. The third-order valence-corrected chi connectivity index (χ3v) is 4.56. The number of ether oxygens (including phenoxy) is 1. The average Bonchev–Trinajstić information content (AvgIpc) is 2.62. The summed E-state index contributed by atoms with van der Waals surface area (Å²) in [6, 6.07) is 14.2. The molecule has 0 unspecified atom stereocenters. The molecule has 0 saturated carbocycles. The maximum Gasteiger partial charge on any atom is 0.340 e. The number of anilines is 1. The molecule has 2 aromatic carbocycles. The molecule has 0 fully saturated rings. The molecule has 0 radical (unpaired) electrons. The molecule has 2 rings (SSSR count). The molecule has 0 saturated heterocycles. The number of carbonyl (C=O) groups is 3. The fourth-order valence-corrected chi connectivity index (χ4v) is 2.86. The number of benzene rings is 2. The highest BCUT2D eigenvalue weighted by Crippen LogP contribution is 2.24. The lowest BCUT2D eigenvalue weighted by atomic mass is 10.2. The van der Waals surface area contributed by atoms with Gasteiger partial charge in [0.25, 0.3) is 5.91 Å². The predicted octanol–water partition coefficient (Wildman–Crippen LogP) is 2.76. The van der Waals surface area contributed by atoms with E-state index in [0.29, 0.717) is 10.6 Å². The first kappa shape index (κ1) is 19.5. The Labute approximate surface area is 156 Å². The fourth-order valence-electron chi connectivity index (χ4n) is 2.02. The molecule has 3 N–H and O–H groups in total. The standard InChI is InChI=1S/C19H20N2O4S/c1-12-7-9-14(10-8-12)21-17(22)11-26-16-6-4-3-5-15(16)19(24)25-13(2)18(20)23/h3-10,13H,11H2,1-2H3,(H2,20,23)(H,21,22)/t13-/m1/s1. The average molecular weight is 372 g/mol. The smallest absolute Gasteiger partial charge is 0.340 e. The van der Waals surface area contributed by atoms with Gasteiger partial charge in [0.1, 0.15) is 0 Å². The van der Waals surface area contributed by atoms with Crippen LogP contribution < -0.4 is 11.1 Å². The van der Waals surface area contributed by atoms with Crippen molar-refractivity contribution in [3.05, 3.63) is 59.7 Å². The molecule has 0 aliphatic rings. The Morgan fingerprint density at radius 2 is 1.77 bits per heavy atom. The zero-order valence-corrected chi connectivity index (χ0v) is 15.3. The van der Waals surface area contributed by atoms with Crippen LogP contribution in [0.2, 0.25) is 0 Å². The van der Waals surface area contributed by atoms with Crippen LogP contribution in [0.25, 0.3) is 0 Å². The van der Waals surface area contributed by atoms with Crippen LogP contribution in [0.4, 0.5) is 5.69 Å². The highest BCUT2D eigenvalue weighted by molar-refractivity contribution is 8.00. The van der Waals surface area contributed by atoms with Crippen LogP contribution >= 0.6 is 11.8 Å². The maximum atomic E-state index is 12.2. The number of rotatable bonds is 7. The number of esters is 1. The van der Waals surface area contributed by atoms with Gasteiger partial charge in [0.05, 0.1) is 11.3 Å². The zero-order valence-electron chi connectivity index (χ0n) is 14.5. The van der Waals surface area contributed by atoms with Gasteiger partial charge in [-0.2, -0.15) is 0 Å². The minimum absolute atomic E-state index is 0.129. The summed E-state index contributed by atoms with van der Waals surface area (Å²) in [4.78, 5) is 36.0. The number of primary amides is 1. The number of hydrogen-bond donors (Lipinski definition) is 2. The topological polar surface area (TPSA) is 98.5 Å². The Balaban J connectivity index is 1.99. The van der Waals surface area contributed by atoms with Gasteiger partial charge in [-0.1, -0.05) is 29.8 Å². The predicted molar refractivity (Wildman–Crippen MR) is 101 cm³/mol. The number of aryl methyl sites for hydroxylation is 1. The van der Waals surface area contributed by atoms with Gasteiger partial charge in [-0.15, -0.1) is 11.8 Å². The fraction of sp³-hybridized carbons (Fsp3) is 0.211. The van der Waals surface area contributed by atoms with Gasteiger partial charge in [0.2, 0.25) is 5.91 Å². The Kier molecular flexibility index (Phi) is 6.80. The van der Waals surface area contributed by atoms with E-state index >= 15 is 0 Å². The summed E-state index contributed by atoms with van der Waals surface area (Å²) in [6.07, 6.45) is -1.02. The molecule has 0 heterocycles. The first-order valence-electron chi connectivity index (χ1n) is 7.95. The Morgan fingerprint density at radius 3 is 2.42 bits per heavy atom. The van der Waals surface area contributed by atoms with Crippen molar-refractivity contribution < 1.29 is 19.1 Å². The summed E-state index contributed by atoms with van der Waals surface area (Å²) in [5.41, 5.74) is 7.21. The minimum atomic E-state index is -1.02. The second-order valence-corrected chi connectivity index (χ2v) is 6.67. The maximum absolute atomic E-state index is 12.2. The van der Waals surface area contributed by atoms with E-state index in [-0.39, 0.29) is 17.2 Å². The quantitative estimate of drug-likeness (QED) is 0.575. The van der Waals surface area contributed by atoms with Crippen LogP contribution in [0, 0.1) is 6.92 Å². The second kappa shape index (κ2) is 9.05. The van der Waals surface area contributed by atoms with Crippen molar-refractivity contribution in [1.82, 2.24) is 0 Å². The van der Waals surface area contributed by atoms with Crippen LogP contribution in [0.1, 0.15) is 22.8 Å². The number of nitrogens with two attached hydrogens (primary N) is 1. The lowest BCUT2D eigenvalue weighted by Gasteiger charge is -2.12. The van der Waals surface area contributed by atoms with E-state index < -0.39 is 18.0 Å².